The van der Waals surface area contributed by atoms with Gasteiger partial charge in [-0.25, -0.2) is 9.97 Å². The molecule has 6 heteroatoms. The number of benzene rings is 2. The van der Waals surface area contributed by atoms with Gasteiger partial charge in [0.25, 0.3) is 5.91 Å². The van der Waals surface area contributed by atoms with Crippen molar-refractivity contribution < 1.29 is 9.59 Å². The Morgan fingerprint density at radius 3 is 2.26 bits per heavy atom. The lowest BCUT2D eigenvalue weighted by Gasteiger charge is -2.09. The number of aromatic nitrogens is 2. The number of nitrogens with one attached hydrogen (secondary N) is 2. The van der Waals surface area contributed by atoms with Gasteiger partial charge in [0, 0.05) is 23.1 Å². The topological polar surface area (TPSA) is 84.0 Å². The van der Waals surface area contributed by atoms with Gasteiger partial charge in [0.05, 0.1) is 0 Å². The maximum atomic E-state index is 12.4. The van der Waals surface area contributed by atoms with Crippen LogP contribution in [0, 0.1) is 13.8 Å². The van der Waals surface area contributed by atoms with Crippen LogP contribution in [0.2, 0.25) is 0 Å². The van der Waals surface area contributed by atoms with Crippen LogP contribution in [-0.4, -0.2) is 21.7 Å². The van der Waals surface area contributed by atoms with Crippen molar-refractivity contribution in [3.05, 3.63) is 77.1 Å². The minimum Gasteiger partial charge on any atom is -0.324 e. The number of carbonyl (C=O) groups is 2. The molecule has 136 valence electrons. The monoisotopic (exact) mass is 360 g/mol. The summed E-state index contributed by atoms with van der Waals surface area (Å²) >= 11 is 0. The van der Waals surface area contributed by atoms with Crippen molar-refractivity contribution in [1.82, 2.24) is 9.97 Å². The van der Waals surface area contributed by atoms with E-state index in [2.05, 4.69) is 20.6 Å². The van der Waals surface area contributed by atoms with Crippen molar-refractivity contribution in [3.8, 4) is 0 Å². The molecule has 0 unspecified atom stereocenters. The zero-order chi connectivity index (χ0) is 19.4. The number of ketones is 1. The van der Waals surface area contributed by atoms with Crippen molar-refractivity contribution in [3.63, 3.8) is 0 Å². The highest BCUT2D eigenvalue weighted by atomic mass is 16.2. The molecule has 3 aromatic rings. The van der Waals surface area contributed by atoms with Gasteiger partial charge in [-0.1, -0.05) is 6.07 Å². The molecule has 0 atom stereocenters. The summed E-state index contributed by atoms with van der Waals surface area (Å²) in [6, 6.07) is 14.2. The van der Waals surface area contributed by atoms with Crippen LogP contribution >= 0.6 is 0 Å². The summed E-state index contributed by atoms with van der Waals surface area (Å²) in [6.45, 7) is 5.57. The highest BCUT2D eigenvalue weighted by Crippen LogP contribution is 2.18. The van der Waals surface area contributed by atoms with Gasteiger partial charge in [-0.3, -0.25) is 9.59 Å². The van der Waals surface area contributed by atoms with Gasteiger partial charge in [-0.15, -0.1) is 0 Å². The van der Waals surface area contributed by atoms with Gasteiger partial charge in [0.1, 0.15) is 5.69 Å². The molecule has 1 aromatic heterocycles. The second kappa shape index (κ2) is 7.78. The predicted molar refractivity (Wildman–Crippen MR) is 106 cm³/mol. The molecule has 3 rings (SSSR count). The maximum absolute atomic E-state index is 12.4. The zero-order valence-corrected chi connectivity index (χ0v) is 15.4. The zero-order valence-electron chi connectivity index (χ0n) is 15.4. The Balaban J connectivity index is 1.73. The Morgan fingerprint density at radius 1 is 0.889 bits per heavy atom. The Bertz CT molecular complexity index is 997. The molecule has 1 heterocycles. The second-order valence-electron chi connectivity index (χ2n) is 6.28. The van der Waals surface area contributed by atoms with Crippen LogP contribution in [-0.2, 0) is 0 Å². The van der Waals surface area contributed by atoms with Gasteiger partial charge in [-0.05, 0) is 74.4 Å². The number of nitrogens with zero attached hydrogens (tertiary/aromatic N) is 2. The fourth-order valence-corrected chi connectivity index (χ4v) is 2.48. The summed E-state index contributed by atoms with van der Waals surface area (Å²) in [5.41, 5.74) is 4.64. The SMILES string of the molecule is CC(=O)c1ccc(NC(=O)c2ccnc(Nc3ccc(C)c(C)c3)n2)cc1. The highest BCUT2D eigenvalue weighted by molar-refractivity contribution is 6.03. The molecule has 0 radical (unpaired) electrons. The summed E-state index contributed by atoms with van der Waals surface area (Å²) in [5.74, 6) is -0.0281. The smallest absolute Gasteiger partial charge is 0.274 e. The number of amides is 1. The molecule has 2 N–H and O–H groups in total. The van der Waals surface area contributed by atoms with Gasteiger partial charge < -0.3 is 10.6 Å². The molecule has 1 amide bonds. The van der Waals surface area contributed by atoms with E-state index >= 15 is 0 Å². The molecular weight excluding hydrogens is 340 g/mol. The predicted octanol–water partition coefficient (Wildman–Crippen LogP) is 4.29. The summed E-state index contributed by atoms with van der Waals surface area (Å²) in [7, 11) is 0. The summed E-state index contributed by atoms with van der Waals surface area (Å²) < 4.78 is 0. The Hall–Kier alpha value is -3.54. The van der Waals surface area contributed by atoms with Gasteiger partial charge in [0.2, 0.25) is 5.95 Å². The minimum absolute atomic E-state index is 0.0225. The van der Waals surface area contributed by atoms with Gasteiger partial charge in [-0.2, -0.15) is 0 Å². The molecule has 27 heavy (non-hydrogen) atoms. The molecule has 6 nitrogen and oxygen atoms in total. The highest BCUT2D eigenvalue weighted by Gasteiger charge is 2.10. The number of anilines is 3. The number of hydrogen-bond donors (Lipinski definition) is 2. The van der Waals surface area contributed by atoms with Crippen LogP contribution in [0.3, 0.4) is 0 Å². The number of Topliss-reactive ketones (excluding diaryl/α,β-unsaturated/α-hetero) is 1. The van der Waals surface area contributed by atoms with Crippen molar-refractivity contribution in [1.29, 1.82) is 0 Å². The molecule has 0 aliphatic heterocycles. The Morgan fingerprint density at radius 2 is 1.59 bits per heavy atom. The lowest BCUT2D eigenvalue weighted by Crippen LogP contribution is -2.14. The number of rotatable bonds is 5. The molecule has 0 saturated heterocycles. The molecule has 0 fully saturated rings. The average Bonchev–Trinajstić information content (AvgIpc) is 2.65. The normalized spacial score (nSPS) is 10.3. The molecular formula is C21H20N4O2. The van der Waals surface area contributed by atoms with E-state index in [4.69, 9.17) is 0 Å². The largest absolute Gasteiger partial charge is 0.324 e. The van der Waals surface area contributed by atoms with E-state index in [1.54, 1.807) is 30.3 Å². The fraction of sp³-hybridized carbons (Fsp3) is 0.143. The lowest BCUT2D eigenvalue weighted by atomic mass is 10.1. The third-order valence-corrected chi connectivity index (χ3v) is 4.20. The van der Waals surface area contributed by atoms with E-state index in [9.17, 15) is 9.59 Å². The molecule has 0 bridgehead atoms. The second-order valence-corrected chi connectivity index (χ2v) is 6.28. The molecule has 0 aliphatic carbocycles. The minimum atomic E-state index is -0.351. The Kier molecular flexibility index (Phi) is 5.26. The van der Waals surface area contributed by atoms with Gasteiger partial charge >= 0.3 is 0 Å². The average molecular weight is 360 g/mol. The summed E-state index contributed by atoms with van der Waals surface area (Å²) in [6.07, 6.45) is 1.53. The van der Waals surface area contributed by atoms with E-state index in [0.29, 0.717) is 17.2 Å². The van der Waals surface area contributed by atoms with Crippen molar-refractivity contribution >= 4 is 29.0 Å². The van der Waals surface area contributed by atoms with Crippen molar-refractivity contribution in [2.75, 3.05) is 10.6 Å². The first kappa shape index (κ1) is 18.3. The van der Waals surface area contributed by atoms with E-state index in [1.807, 2.05) is 32.0 Å². The number of hydrogen-bond acceptors (Lipinski definition) is 5. The first-order chi connectivity index (χ1) is 12.9. The van der Waals surface area contributed by atoms with Crippen LogP contribution in [0.1, 0.15) is 38.9 Å². The quantitative estimate of drug-likeness (QED) is 0.663. The van der Waals surface area contributed by atoms with Crippen LogP contribution in [0.5, 0.6) is 0 Å². The molecule has 0 aliphatic rings. The first-order valence-electron chi connectivity index (χ1n) is 8.52. The first-order valence-corrected chi connectivity index (χ1v) is 8.52. The standard InChI is InChI=1S/C21H20N4O2/c1-13-4-7-18(12-14(13)2)24-21-22-11-10-19(25-21)20(27)23-17-8-5-16(6-9-17)15(3)26/h4-12H,1-3H3,(H,23,27)(H,22,24,25). The summed E-state index contributed by atoms with van der Waals surface area (Å²) in [5, 5.41) is 5.88. The van der Waals surface area contributed by atoms with Crippen LogP contribution in [0.25, 0.3) is 0 Å². The van der Waals surface area contributed by atoms with Crippen LogP contribution in [0.15, 0.2) is 54.7 Å². The molecule has 0 saturated carbocycles. The maximum Gasteiger partial charge on any atom is 0.274 e. The van der Waals surface area contributed by atoms with E-state index in [0.717, 1.165) is 11.3 Å². The van der Waals surface area contributed by atoms with E-state index < -0.39 is 0 Å². The lowest BCUT2D eigenvalue weighted by molar-refractivity contribution is 0.101. The van der Waals surface area contributed by atoms with E-state index in [1.165, 1.54) is 18.7 Å². The van der Waals surface area contributed by atoms with Crippen LogP contribution < -0.4 is 10.6 Å². The third kappa shape index (κ3) is 4.55. The van der Waals surface area contributed by atoms with E-state index in [-0.39, 0.29) is 17.4 Å². The Labute approximate surface area is 157 Å². The fourth-order valence-electron chi connectivity index (χ4n) is 2.48. The molecule has 2 aromatic carbocycles. The summed E-state index contributed by atoms with van der Waals surface area (Å²) in [4.78, 5) is 32.2. The van der Waals surface area contributed by atoms with Crippen LogP contribution in [0.4, 0.5) is 17.3 Å². The molecule has 0 spiro atoms. The number of carbonyl (C=O) groups excluding carboxylic acids is 2. The van der Waals surface area contributed by atoms with Gasteiger partial charge in [0.15, 0.2) is 5.78 Å². The third-order valence-electron chi connectivity index (χ3n) is 4.20. The number of aryl methyl sites for hydroxylation is 2. The van der Waals surface area contributed by atoms with Crippen molar-refractivity contribution in [2.45, 2.75) is 20.8 Å². The van der Waals surface area contributed by atoms with Crippen molar-refractivity contribution in [2.24, 2.45) is 0 Å².